The Bertz CT molecular complexity index is 226. The first-order chi connectivity index (χ1) is 6.54. The van der Waals surface area contributed by atoms with Crippen LogP contribution in [0.25, 0.3) is 0 Å². The van der Waals surface area contributed by atoms with Gasteiger partial charge in [0.25, 0.3) is 0 Å². The highest BCUT2D eigenvalue weighted by molar-refractivity contribution is 7.89. The SMILES string of the molecule is CCN(C)S(=O)(=O)CCCCCOC. The van der Waals surface area contributed by atoms with Gasteiger partial charge in [-0.2, -0.15) is 0 Å². The van der Waals surface area contributed by atoms with Crippen molar-refractivity contribution in [3.63, 3.8) is 0 Å². The van der Waals surface area contributed by atoms with Gasteiger partial charge in [-0.15, -0.1) is 0 Å². The molecule has 86 valence electrons. The molecule has 0 aromatic rings. The van der Waals surface area contributed by atoms with Gasteiger partial charge in [0.15, 0.2) is 0 Å². The maximum atomic E-state index is 11.5. The maximum absolute atomic E-state index is 11.5. The van der Waals surface area contributed by atoms with Gasteiger partial charge < -0.3 is 4.74 Å². The fourth-order valence-corrected chi connectivity index (χ4v) is 2.33. The average molecular weight is 223 g/mol. The van der Waals surface area contributed by atoms with Crippen LogP contribution in [-0.2, 0) is 14.8 Å². The van der Waals surface area contributed by atoms with Gasteiger partial charge >= 0.3 is 0 Å². The summed E-state index contributed by atoms with van der Waals surface area (Å²) in [5.74, 6) is 0.251. The molecule has 0 aromatic heterocycles. The number of rotatable bonds is 8. The molecule has 4 nitrogen and oxygen atoms in total. The summed E-state index contributed by atoms with van der Waals surface area (Å²) in [7, 11) is 0.265. The van der Waals surface area contributed by atoms with Crippen LogP contribution in [0.5, 0.6) is 0 Å². The lowest BCUT2D eigenvalue weighted by Crippen LogP contribution is -2.28. The van der Waals surface area contributed by atoms with E-state index in [0.717, 1.165) is 19.3 Å². The Balaban J connectivity index is 3.67. The van der Waals surface area contributed by atoms with Crippen LogP contribution in [-0.4, -0.2) is 45.8 Å². The molecule has 0 aliphatic rings. The van der Waals surface area contributed by atoms with Crippen molar-refractivity contribution in [1.29, 1.82) is 0 Å². The van der Waals surface area contributed by atoms with Crippen molar-refractivity contribution in [2.24, 2.45) is 0 Å². The number of methoxy groups -OCH3 is 1. The summed E-state index contributed by atoms with van der Waals surface area (Å²) in [6.45, 7) is 3.09. The molecular weight excluding hydrogens is 202 g/mol. The molecule has 14 heavy (non-hydrogen) atoms. The number of ether oxygens (including phenoxy) is 1. The fourth-order valence-electron chi connectivity index (χ4n) is 1.06. The predicted molar refractivity (Wildman–Crippen MR) is 57.8 cm³/mol. The second-order valence-electron chi connectivity index (χ2n) is 3.28. The van der Waals surface area contributed by atoms with Crippen LogP contribution in [0.15, 0.2) is 0 Å². The minimum Gasteiger partial charge on any atom is -0.385 e. The summed E-state index contributed by atoms with van der Waals surface area (Å²) < 4.78 is 29.3. The van der Waals surface area contributed by atoms with Gasteiger partial charge in [-0.1, -0.05) is 13.3 Å². The standard InChI is InChI=1S/C9H21NO3S/c1-4-10(2)14(11,12)9-7-5-6-8-13-3/h4-9H2,1-3H3. The van der Waals surface area contributed by atoms with E-state index < -0.39 is 10.0 Å². The van der Waals surface area contributed by atoms with Crippen LogP contribution in [0.2, 0.25) is 0 Å². The first-order valence-electron chi connectivity index (χ1n) is 4.97. The lowest BCUT2D eigenvalue weighted by Gasteiger charge is -2.14. The summed E-state index contributed by atoms with van der Waals surface area (Å²) in [6, 6.07) is 0. The summed E-state index contributed by atoms with van der Waals surface area (Å²) in [5, 5.41) is 0. The number of sulfonamides is 1. The molecule has 0 bridgehead atoms. The van der Waals surface area contributed by atoms with Crippen LogP contribution in [0.1, 0.15) is 26.2 Å². The molecule has 0 spiro atoms. The van der Waals surface area contributed by atoms with Crippen LogP contribution >= 0.6 is 0 Å². The third kappa shape index (κ3) is 5.57. The Morgan fingerprint density at radius 3 is 2.36 bits per heavy atom. The van der Waals surface area contributed by atoms with Gasteiger partial charge in [0.05, 0.1) is 5.75 Å². The highest BCUT2D eigenvalue weighted by atomic mass is 32.2. The van der Waals surface area contributed by atoms with E-state index >= 15 is 0 Å². The minimum absolute atomic E-state index is 0.251. The molecular formula is C9H21NO3S. The second-order valence-corrected chi connectivity index (χ2v) is 5.48. The van der Waals surface area contributed by atoms with E-state index in [-0.39, 0.29) is 5.75 Å². The third-order valence-electron chi connectivity index (χ3n) is 2.17. The number of nitrogens with zero attached hydrogens (tertiary/aromatic N) is 1. The van der Waals surface area contributed by atoms with Crippen LogP contribution < -0.4 is 0 Å². The molecule has 0 saturated heterocycles. The molecule has 0 amide bonds. The van der Waals surface area contributed by atoms with Crippen molar-refractivity contribution in [3.8, 4) is 0 Å². The van der Waals surface area contributed by atoms with Crippen molar-refractivity contribution >= 4 is 10.0 Å². The molecule has 0 fully saturated rings. The Kier molecular flexibility index (Phi) is 7.13. The quantitative estimate of drug-likeness (QED) is 0.579. The lowest BCUT2D eigenvalue weighted by atomic mass is 10.3. The highest BCUT2D eigenvalue weighted by Crippen LogP contribution is 2.03. The van der Waals surface area contributed by atoms with E-state index in [1.165, 1.54) is 4.31 Å². The largest absolute Gasteiger partial charge is 0.385 e. The summed E-state index contributed by atoms with van der Waals surface area (Å²) in [6.07, 6.45) is 2.56. The predicted octanol–water partition coefficient (Wildman–Crippen LogP) is 1.08. The summed E-state index contributed by atoms with van der Waals surface area (Å²) in [5.41, 5.74) is 0. The smallest absolute Gasteiger partial charge is 0.213 e. The van der Waals surface area contributed by atoms with Crippen molar-refractivity contribution < 1.29 is 13.2 Å². The normalized spacial score (nSPS) is 12.3. The summed E-state index contributed by atoms with van der Waals surface area (Å²) in [4.78, 5) is 0. The fraction of sp³-hybridized carbons (Fsp3) is 1.00. The second kappa shape index (κ2) is 7.20. The molecule has 0 atom stereocenters. The Morgan fingerprint density at radius 1 is 1.21 bits per heavy atom. The number of unbranched alkanes of at least 4 members (excludes halogenated alkanes) is 2. The van der Waals surface area contributed by atoms with Crippen molar-refractivity contribution in [2.45, 2.75) is 26.2 Å². The molecule has 0 aromatic carbocycles. The third-order valence-corrected chi connectivity index (χ3v) is 4.18. The van der Waals surface area contributed by atoms with E-state index in [2.05, 4.69) is 0 Å². The molecule has 0 radical (unpaired) electrons. The van der Waals surface area contributed by atoms with E-state index in [1.54, 1.807) is 14.2 Å². The summed E-state index contributed by atoms with van der Waals surface area (Å²) >= 11 is 0. The topological polar surface area (TPSA) is 46.6 Å². The molecule has 0 aliphatic heterocycles. The highest BCUT2D eigenvalue weighted by Gasteiger charge is 2.14. The maximum Gasteiger partial charge on any atom is 0.213 e. The average Bonchev–Trinajstić information content (AvgIpc) is 2.16. The van der Waals surface area contributed by atoms with Crippen LogP contribution in [0.4, 0.5) is 0 Å². The molecule has 0 unspecified atom stereocenters. The molecule has 0 saturated carbocycles. The molecule has 0 N–H and O–H groups in total. The van der Waals surface area contributed by atoms with Crippen molar-refractivity contribution in [3.05, 3.63) is 0 Å². The van der Waals surface area contributed by atoms with Gasteiger partial charge in [0, 0.05) is 27.3 Å². The monoisotopic (exact) mass is 223 g/mol. The van der Waals surface area contributed by atoms with E-state index in [0.29, 0.717) is 13.2 Å². The first kappa shape index (κ1) is 13.9. The van der Waals surface area contributed by atoms with E-state index in [1.807, 2.05) is 6.92 Å². The molecule has 0 aliphatic carbocycles. The zero-order valence-electron chi connectivity index (χ0n) is 9.32. The lowest BCUT2D eigenvalue weighted by molar-refractivity contribution is 0.192. The minimum atomic E-state index is -3.01. The zero-order chi connectivity index (χ0) is 11.0. The Labute approximate surface area is 87.3 Å². The van der Waals surface area contributed by atoms with Crippen molar-refractivity contribution in [1.82, 2.24) is 4.31 Å². The van der Waals surface area contributed by atoms with E-state index in [4.69, 9.17) is 4.74 Å². The molecule has 0 heterocycles. The van der Waals surface area contributed by atoms with Gasteiger partial charge in [0.2, 0.25) is 10.0 Å². The van der Waals surface area contributed by atoms with Gasteiger partial charge in [-0.25, -0.2) is 12.7 Å². The Morgan fingerprint density at radius 2 is 1.86 bits per heavy atom. The Hall–Kier alpha value is -0.130. The molecule has 0 rings (SSSR count). The number of hydrogen-bond acceptors (Lipinski definition) is 3. The van der Waals surface area contributed by atoms with Gasteiger partial charge in [0.1, 0.15) is 0 Å². The van der Waals surface area contributed by atoms with E-state index in [9.17, 15) is 8.42 Å². The first-order valence-corrected chi connectivity index (χ1v) is 6.58. The van der Waals surface area contributed by atoms with Gasteiger partial charge in [-0.3, -0.25) is 0 Å². The van der Waals surface area contributed by atoms with Gasteiger partial charge in [-0.05, 0) is 12.8 Å². The van der Waals surface area contributed by atoms with Crippen molar-refractivity contribution in [2.75, 3.05) is 33.1 Å². The molecule has 5 heteroatoms. The van der Waals surface area contributed by atoms with Crippen LogP contribution in [0.3, 0.4) is 0 Å². The zero-order valence-corrected chi connectivity index (χ0v) is 10.1. The number of hydrogen-bond donors (Lipinski definition) is 0. The van der Waals surface area contributed by atoms with Crippen LogP contribution in [0, 0.1) is 0 Å².